The Hall–Kier alpha value is -1.23. The Morgan fingerprint density at radius 2 is 2.05 bits per heavy atom. The Morgan fingerprint density at radius 1 is 1.36 bits per heavy atom. The Balaban J connectivity index is 2.76. The van der Waals surface area contributed by atoms with Crippen molar-refractivity contribution >= 4 is 51.7 Å². The van der Waals surface area contributed by atoms with Gasteiger partial charge in [0.05, 0.1) is 22.5 Å². The van der Waals surface area contributed by atoms with Crippen LogP contribution in [0.3, 0.4) is 0 Å². The molecular weight excluding hydrogens is 349 g/mol. The van der Waals surface area contributed by atoms with E-state index in [2.05, 4.69) is 0 Å². The Morgan fingerprint density at radius 3 is 2.68 bits per heavy atom. The molecule has 1 heterocycles. The molecule has 4 nitrogen and oxygen atoms in total. The van der Waals surface area contributed by atoms with E-state index < -0.39 is 16.9 Å². The zero-order chi connectivity index (χ0) is 16.3. The van der Waals surface area contributed by atoms with Gasteiger partial charge in [0.2, 0.25) is 0 Å². The van der Waals surface area contributed by atoms with Crippen LogP contribution >= 0.6 is 34.8 Å². The number of para-hydroxylation sites is 1. The van der Waals surface area contributed by atoms with E-state index in [1.807, 2.05) is 0 Å². The van der Waals surface area contributed by atoms with Gasteiger partial charge in [-0.2, -0.15) is 0 Å². The molecule has 0 aliphatic rings. The molecule has 22 heavy (non-hydrogen) atoms. The fourth-order valence-corrected chi connectivity index (χ4v) is 2.73. The molecule has 0 fully saturated rings. The van der Waals surface area contributed by atoms with Crippen molar-refractivity contribution in [2.45, 2.75) is 18.8 Å². The number of ether oxygens (including phenoxy) is 1. The normalized spacial score (nSPS) is 12.4. The molecule has 0 saturated carbocycles. The number of aromatic nitrogens is 1. The SMILES string of the molecule is CCOC(=O)c1c(Cl)c2ccccc2n(CC(Cl)CCl)c1=O. The third-order valence-corrected chi connectivity index (χ3v) is 4.35. The van der Waals surface area contributed by atoms with Gasteiger partial charge in [-0.3, -0.25) is 4.79 Å². The lowest BCUT2D eigenvalue weighted by Gasteiger charge is -2.16. The lowest BCUT2D eigenvalue weighted by molar-refractivity contribution is 0.0524. The number of halogens is 3. The number of carbonyl (C=O) groups excluding carboxylic acids is 1. The Labute approximate surface area is 142 Å². The van der Waals surface area contributed by atoms with Crippen LogP contribution in [0.4, 0.5) is 0 Å². The van der Waals surface area contributed by atoms with Crippen molar-refractivity contribution in [3.05, 3.63) is 45.2 Å². The van der Waals surface area contributed by atoms with E-state index in [-0.39, 0.29) is 29.6 Å². The van der Waals surface area contributed by atoms with Crippen molar-refractivity contribution < 1.29 is 9.53 Å². The summed E-state index contributed by atoms with van der Waals surface area (Å²) in [4.78, 5) is 24.7. The van der Waals surface area contributed by atoms with E-state index in [0.717, 1.165) is 0 Å². The molecule has 0 bridgehead atoms. The first kappa shape index (κ1) is 17.1. The monoisotopic (exact) mass is 361 g/mol. The molecule has 1 unspecified atom stereocenters. The number of hydrogen-bond donors (Lipinski definition) is 0. The molecule has 1 atom stereocenters. The fraction of sp³-hybridized carbons (Fsp3) is 0.333. The fourth-order valence-electron chi connectivity index (χ4n) is 2.18. The highest BCUT2D eigenvalue weighted by Crippen LogP contribution is 2.26. The van der Waals surface area contributed by atoms with E-state index in [9.17, 15) is 9.59 Å². The van der Waals surface area contributed by atoms with Gasteiger partial charge in [-0.25, -0.2) is 4.79 Å². The molecule has 2 aromatic rings. The second-order valence-electron chi connectivity index (χ2n) is 4.59. The number of fused-ring (bicyclic) bond motifs is 1. The minimum absolute atomic E-state index is 0.0901. The zero-order valence-corrected chi connectivity index (χ0v) is 14.1. The molecule has 2 rings (SSSR count). The van der Waals surface area contributed by atoms with Crippen LogP contribution in [0.15, 0.2) is 29.1 Å². The van der Waals surface area contributed by atoms with Crippen molar-refractivity contribution in [3.63, 3.8) is 0 Å². The van der Waals surface area contributed by atoms with Gasteiger partial charge in [-0.05, 0) is 13.0 Å². The second-order valence-corrected chi connectivity index (χ2v) is 5.90. The van der Waals surface area contributed by atoms with Crippen LogP contribution in [0.5, 0.6) is 0 Å². The number of rotatable bonds is 5. The molecule has 0 amide bonds. The Kier molecular flexibility index (Phi) is 5.73. The molecule has 0 radical (unpaired) electrons. The molecule has 0 aliphatic heterocycles. The van der Waals surface area contributed by atoms with Crippen molar-refractivity contribution in [1.82, 2.24) is 4.57 Å². The second kappa shape index (κ2) is 7.36. The molecule has 1 aromatic heterocycles. The number of carbonyl (C=O) groups is 1. The highest BCUT2D eigenvalue weighted by atomic mass is 35.5. The molecule has 118 valence electrons. The van der Waals surface area contributed by atoms with Gasteiger partial charge in [-0.15, -0.1) is 23.2 Å². The summed E-state index contributed by atoms with van der Waals surface area (Å²) in [5.74, 6) is -0.561. The van der Waals surface area contributed by atoms with Gasteiger partial charge >= 0.3 is 5.97 Å². The number of hydrogen-bond acceptors (Lipinski definition) is 3. The van der Waals surface area contributed by atoms with E-state index in [1.165, 1.54) is 4.57 Å². The van der Waals surface area contributed by atoms with Gasteiger partial charge < -0.3 is 9.30 Å². The minimum Gasteiger partial charge on any atom is -0.462 e. The van der Waals surface area contributed by atoms with Crippen LogP contribution < -0.4 is 5.56 Å². The summed E-state index contributed by atoms with van der Waals surface area (Å²) in [7, 11) is 0. The van der Waals surface area contributed by atoms with Crippen LogP contribution in [0.1, 0.15) is 17.3 Å². The molecule has 0 saturated heterocycles. The zero-order valence-electron chi connectivity index (χ0n) is 11.8. The summed E-state index contributed by atoms with van der Waals surface area (Å²) in [5.41, 5.74) is -0.111. The first-order valence-electron chi connectivity index (χ1n) is 6.69. The quantitative estimate of drug-likeness (QED) is 0.602. The number of nitrogens with zero attached hydrogens (tertiary/aromatic N) is 1. The highest BCUT2D eigenvalue weighted by molar-refractivity contribution is 6.38. The van der Waals surface area contributed by atoms with Crippen molar-refractivity contribution in [2.75, 3.05) is 12.5 Å². The van der Waals surface area contributed by atoms with Crippen molar-refractivity contribution in [2.24, 2.45) is 0 Å². The maximum Gasteiger partial charge on any atom is 0.345 e. The number of alkyl halides is 2. The molecule has 0 N–H and O–H groups in total. The molecule has 0 spiro atoms. The van der Waals surface area contributed by atoms with Crippen LogP contribution in [-0.4, -0.2) is 28.4 Å². The smallest absolute Gasteiger partial charge is 0.345 e. The first-order chi connectivity index (χ1) is 10.5. The van der Waals surface area contributed by atoms with Gasteiger partial charge in [0.25, 0.3) is 5.56 Å². The maximum atomic E-state index is 12.6. The largest absolute Gasteiger partial charge is 0.462 e. The number of pyridine rings is 1. The summed E-state index contributed by atoms with van der Waals surface area (Å²) >= 11 is 18.0. The van der Waals surface area contributed by atoms with Gasteiger partial charge in [0.15, 0.2) is 0 Å². The predicted molar refractivity (Wildman–Crippen MR) is 89.5 cm³/mol. The van der Waals surface area contributed by atoms with Crippen LogP contribution in [-0.2, 0) is 11.3 Å². The van der Waals surface area contributed by atoms with Gasteiger partial charge in [-0.1, -0.05) is 29.8 Å². The van der Waals surface area contributed by atoms with E-state index in [0.29, 0.717) is 10.9 Å². The van der Waals surface area contributed by atoms with Crippen molar-refractivity contribution in [3.8, 4) is 0 Å². The van der Waals surface area contributed by atoms with Gasteiger partial charge in [0, 0.05) is 17.8 Å². The molecule has 1 aromatic carbocycles. The first-order valence-corrected chi connectivity index (χ1v) is 8.04. The minimum atomic E-state index is -0.742. The van der Waals surface area contributed by atoms with Crippen LogP contribution in [0.2, 0.25) is 5.02 Å². The summed E-state index contributed by atoms with van der Waals surface area (Å²) < 4.78 is 6.34. The summed E-state index contributed by atoms with van der Waals surface area (Å²) in [6.45, 7) is 1.99. The van der Waals surface area contributed by atoms with Crippen LogP contribution in [0.25, 0.3) is 10.9 Å². The van der Waals surface area contributed by atoms with E-state index in [4.69, 9.17) is 39.5 Å². The summed E-state index contributed by atoms with van der Waals surface area (Å²) in [6.07, 6.45) is 0. The summed E-state index contributed by atoms with van der Waals surface area (Å²) in [6, 6.07) is 7.04. The van der Waals surface area contributed by atoms with E-state index in [1.54, 1.807) is 31.2 Å². The topological polar surface area (TPSA) is 48.3 Å². The van der Waals surface area contributed by atoms with Gasteiger partial charge in [0.1, 0.15) is 5.56 Å². The Bertz CT molecular complexity index is 758. The van der Waals surface area contributed by atoms with E-state index >= 15 is 0 Å². The molecular formula is C15H14Cl3NO3. The standard InChI is InChI=1S/C15H14Cl3NO3/c1-2-22-15(21)12-13(18)10-5-3-4-6-11(10)19(14(12)20)8-9(17)7-16/h3-6,9H,2,7-8H2,1H3. The average Bonchev–Trinajstić information content (AvgIpc) is 2.51. The molecule has 7 heteroatoms. The highest BCUT2D eigenvalue weighted by Gasteiger charge is 2.23. The average molecular weight is 363 g/mol. The lowest BCUT2D eigenvalue weighted by atomic mass is 10.1. The summed E-state index contributed by atoms with van der Waals surface area (Å²) in [5, 5.41) is 0.233. The third kappa shape index (κ3) is 3.24. The number of benzene rings is 1. The third-order valence-electron chi connectivity index (χ3n) is 3.14. The molecule has 0 aliphatic carbocycles. The number of esters is 1. The predicted octanol–water partition coefficient (Wildman–Crippen LogP) is 3.68. The maximum absolute atomic E-state index is 12.6. The van der Waals surface area contributed by atoms with Crippen LogP contribution in [0, 0.1) is 0 Å². The lowest BCUT2D eigenvalue weighted by Crippen LogP contribution is -2.31. The van der Waals surface area contributed by atoms with Crippen molar-refractivity contribution in [1.29, 1.82) is 0 Å².